The van der Waals surface area contributed by atoms with Gasteiger partial charge in [-0.25, -0.2) is 0 Å². The van der Waals surface area contributed by atoms with Crippen molar-refractivity contribution in [3.63, 3.8) is 0 Å². The predicted molar refractivity (Wildman–Crippen MR) is 83.8 cm³/mol. The number of carboxylic acid groups (broad SMARTS) is 1. The Kier molecular flexibility index (Phi) is 5.56. The van der Waals surface area contributed by atoms with Gasteiger partial charge in [0.25, 0.3) is 0 Å². The number of carboxylic acids is 1. The van der Waals surface area contributed by atoms with Crippen molar-refractivity contribution < 1.29 is 14.7 Å². The van der Waals surface area contributed by atoms with Gasteiger partial charge >= 0.3 is 5.97 Å². The molecule has 112 valence electrons. The monoisotopic (exact) mass is 351 g/mol. The number of amides is 1. The van der Waals surface area contributed by atoms with E-state index in [0.29, 0.717) is 0 Å². The maximum atomic E-state index is 12.3. The first-order chi connectivity index (χ1) is 10.1. The van der Waals surface area contributed by atoms with E-state index in [-0.39, 0.29) is 18.2 Å². The molecule has 0 bridgehead atoms. The Morgan fingerprint density at radius 1 is 1.29 bits per heavy atom. The number of hydrogen-bond donors (Lipinski definition) is 2. The number of aliphatic carboxylic acids is 1. The van der Waals surface area contributed by atoms with Crippen molar-refractivity contribution >= 4 is 27.8 Å². The van der Waals surface area contributed by atoms with Crippen LogP contribution in [0.1, 0.15) is 37.3 Å². The minimum absolute atomic E-state index is 0.0539. The van der Waals surface area contributed by atoms with Crippen LogP contribution in [0.4, 0.5) is 0 Å². The van der Waals surface area contributed by atoms with E-state index in [9.17, 15) is 9.59 Å². The van der Waals surface area contributed by atoms with Crippen LogP contribution in [0.3, 0.4) is 0 Å². The molecule has 5 heteroatoms. The van der Waals surface area contributed by atoms with Crippen molar-refractivity contribution in [2.45, 2.75) is 31.7 Å². The van der Waals surface area contributed by atoms with Crippen LogP contribution in [0.2, 0.25) is 0 Å². The summed E-state index contributed by atoms with van der Waals surface area (Å²) in [5, 5.41) is 11.9. The topological polar surface area (TPSA) is 66.4 Å². The molecule has 0 aliphatic heterocycles. The van der Waals surface area contributed by atoms with E-state index in [4.69, 9.17) is 5.11 Å². The first-order valence-electron chi connectivity index (χ1n) is 6.99. The third-order valence-corrected chi connectivity index (χ3v) is 4.14. The SMILES string of the molecule is O=C(O)CC(NC(=O)C1CC=CCC1)c1ccc(Br)cc1. The molecule has 1 aromatic carbocycles. The number of allylic oxidation sites excluding steroid dienone is 2. The zero-order chi connectivity index (χ0) is 15.2. The van der Waals surface area contributed by atoms with Gasteiger partial charge in [-0.15, -0.1) is 0 Å². The highest BCUT2D eigenvalue weighted by Crippen LogP contribution is 2.23. The molecule has 0 heterocycles. The van der Waals surface area contributed by atoms with Crippen LogP contribution in [0.15, 0.2) is 40.9 Å². The molecule has 2 rings (SSSR count). The summed E-state index contributed by atoms with van der Waals surface area (Å²) in [6.07, 6.45) is 6.43. The van der Waals surface area contributed by atoms with Gasteiger partial charge in [0, 0.05) is 10.4 Å². The van der Waals surface area contributed by atoms with Gasteiger partial charge < -0.3 is 10.4 Å². The molecule has 0 saturated carbocycles. The van der Waals surface area contributed by atoms with E-state index in [2.05, 4.69) is 27.3 Å². The van der Waals surface area contributed by atoms with Crippen molar-refractivity contribution in [1.82, 2.24) is 5.32 Å². The number of halogens is 1. The molecule has 2 atom stereocenters. The summed E-state index contributed by atoms with van der Waals surface area (Å²) in [5.74, 6) is -1.04. The van der Waals surface area contributed by atoms with E-state index >= 15 is 0 Å². The van der Waals surface area contributed by atoms with Crippen LogP contribution < -0.4 is 5.32 Å². The Morgan fingerprint density at radius 2 is 2.00 bits per heavy atom. The standard InChI is InChI=1S/C16H18BrNO3/c17-13-8-6-11(7-9-13)14(10-15(19)20)18-16(21)12-4-2-1-3-5-12/h1-2,6-9,12,14H,3-5,10H2,(H,18,21)(H,19,20). The minimum atomic E-state index is -0.924. The molecule has 0 aromatic heterocycles. The largest absolute Gasteiger partial charge is 0.481 e. The van der Waals surface area contributed by atoms with Crippen LogP contribution in [0.25, 0.3) is 0 Å². The first-order valence-corrected chi connectivity index (χ1v) is 7.78. The molecule has 0 fully saturated rings. The van der Waals surface area contributed by atoms with Gasteiger partial charge in [0.1, 0.15) is 0 Å². The van der Waals surface area contributed by atoms with Gasteiger partial charge in [-0.3, -0.25) is 9.59 Å². The minimum Gasteiger partial charge on any atom is -0.481 e. The summed E-state index contributed by atoms with van der Waals surface area (Å²) < 4.78 is 0.920. The smallest absolute Gasteiger partial charge is 0.305 e. The molecule has 1 aromatic rings. The second kappa shape index (κ2) is 7.41. The van der Waals surface area contributed by atoms with Gasteiger partial charge in [0.15, 0.2) is 0 Å². The Bertz CT molecular complexity index is 539. The number of benzene rings is 1. The molecule has 4 nitrogen and oxygen atoms in total. The van der Waals surface area contributed by atoms with Crippen LogP contribution >= 0.6 is 15.9 Å². The van der Waals surface area contributed by atoms with E-state index in [0.717, 1.165) is 29.3 Å². The third-order valence-electron chi connectivity index (χ3n) is 3.61. The molecule has 0 saturated heterocycles. The summed E-state index contributed by atoms with van der Waals surface area (Å²) in [6.45, 7) is 0. The Hall–Kier alpha value is -1.62. The molecule has 2 unspecified atom stereocenters. The lowest BCUT2D eigenvalue weighted by Gasteiger charge is -2.22. The van der Waals surface area contributed by atoms with Crippen LogP contribution in [-0.4, -0.2) is 17.0 Å². The summed E-state index contributed by atoms with van der Waals surface area (Å²) in [4.78, 5) is 23.3. The first kappa shape index (κ1) is 15.8. The zero-order valence-electron chi connectivity index (χ0n) is 11.6. The van der Waals surface area contributed by atoms with Gasteiger partial charge in [0.05, 0.1) is 12.5 Å². The van der Waals surface area contributed by atoms with E-state index in [1.807, 2.05) is 30.3 Å². The Balaban J connectivity index is 2.08. The molecular weight excluding hydrogens is 334 g/mol. The fourth-order valence-electron chi connectivity index (χ4n) is 2.44. The van der Waals surface area contributed by atoms with Crippen molar-refractivity contribution in [3.8, 4) is 0 Å². The second-order valence-electron chi connectivity index (χ2n) is 5.19. The van der Waals surface area contributed by atoms with Gasteiger partial charge in [0.2, 0.25) is 5.91 Å². The lowest BCUT2D eigenvalue weighted by molar-refractivity contribution is -0.138. The summed E-state index contributed by atoms with van der Waals surface area (Å²) in [7, 11) is 0. The van der Waals surface area contributed by atoms with E-state index < -0.39 is 12.0 Å². The predicted octanol–water partition coefficient (Wildman–Crippen LogP) is 3.44. The maximum absolute atomic E-state index is 12.3. The number of hydrogen-bond acceptors (Lipinski definition) is 2. The van der Waals surface area contributed by atoms with Crippen LogP contribution in [-0.2, 0) is 9.59 Å². The fourth-order valence-corrected chi connectivity index (χ4v) is 2.71. The fraction of sp³-hybridized carbons (Fsp3) is 0.375. The van der Waals surface area contributed by atoms with Crippen molar-refractivity contribution in [2.24, 2.45) is 5.92 Å². The highest BCUT2D eigenvalue weighted by atomic mass is 79.9. The summed E-state index contributed by atoms with van der Waals surface area (Å²) in [6, 6.07) is 6.87. The van der Waals surface area contributed by atoms with Crippen molar-refractivity contribution in [1.29, 1.82) is 0 Å². The number of rotatable bonds is 5. The molecule has 1 amide bonds. The van der Waals surface area contributed by atoms with Crippen molar-refractivity contribution in [3.05, 3.63) is 46.5 Å². The zero-order valence-corrected chi connectivity index (χ0v) is 13.2. The van der Waals surface area contributed by atoms with Crippen LogP contribution in [0, 0.1) is 5.92 Å². The normalized spacial score (nSPS) is 19.0. The highest BCUT2D eigenvalue weighted by molar-refractivity contribution is 9.10. The maximum Gasteiger partial charge on any atom is 0.305 e. The molecule has 0 radical (unpaired) electrons. The van der Waals surface area contributed by atoms with Gasteiger partial charge in [-0.2, -0.15) is 0 Å². The Labute approximate surface area is 132 Å². The summed E-state index contributed by atoms with van der Waals surface area (Å²) >= 11 is 3.35. The summed E-state index contributed by atoms with van der Waals surface area (Å²) in [5.41, 5.74) is 0.806. The molecule has 0 spiro atoms. The lowest BCUT2D eigenvalue weighted by atomic mass is 9.92. The Morgan fingerprint density at radius 3 is 2.57 bits per heavy atom. The van der Waals surface area contributed by atoms with E-state index in [1.54, 1.807) is 0 Å². The molecule has 2 N–H and O–H groups in total. The molecule has 1 aliphatic rings. The van der Waals surface area contributed by atoms with Crippen molar-refractivity contribution in [2.75, 3.05) is 0 Å². The molecular formula is C16H18BrNO3. The third kappa shape index (κ3) is 4.70. The van der Waals surface area contributed by atoms with Gasteiger partial charge in [-0.05, 0) is 37.0 Å². The number of nitrogens with one attached hydrogen (secondary N) is 1. The van der Waals surface area contributed by atoms with E-state index in [1.165, 1.54) is 0 Å². The average molecular weight is 352 g/mol. The highest BCUT2D eigenvalue weighted by Gasteiger charge is 2.23. The second-order valence-corrected chi connectivity index (χ2v) is 6.11. The average Bonchev–Trinajstić information content (AvgIpc) is 2.48. The lowest BCUT2D eigenvalue weighted by Crippen LogP contribution is -2.35. The number of carbonyl (C=O) groups excluding carboxylic acids is 1. The molecule has 21 heavy (non-hydrogen) atoms. The van der Waals surface area contributed by atoms with Crippen LogP contribution in [0.5, 0.6) is 0 Å². The quantitative estimate of drug-likeness (QED) is 0.798. The number of carbonyl (C=O) groups is 2. The van der Waals surface area contributed by atoms with Gasteiger partial charge in [-0.1, -0.05) is 40.2 Å². The molecule has 1 aliphatic carbocycles.